The van der Waals surface area contributed by atoms with Gasteiger partial charge in [0.25, 0.3) is 0 Å². The van der Waals surface area contributed by atoms with Crippen molar-refractivity contribution in [2.24, 2.45) is 5.11 Å². The maximum Gasteiger partial charge on any atom is 0.408 e. The first kappa shape index (κ1) is 16.2. The highest BCUT2D eigenvalue weighted by Crippen LogP contribution is 2.53. The second-order valence-electron chi connectivity index (χ2n) is 6.67. The number of alkyl carbamates (subject to hydrolysis) is 1. The molecule has 0 radical (unpaired) electrons. The van der Waals surface area contributed by atoms with E-state index in [0.717, 1.165) is 18.4 Å². The highest BCUT2D eigenvalue weighted by Gasteiger charge is 2.54. The number of ether oxygens (including phenoxy) is 1. The van der Waals surface area contributed by atoms with E-state index < -0.39 is 5.60 Å². The topological polar surface area (TPSA) is 87.1 Å². The molecule has 1 N–H and O–H groups in total. The summed E-state index contributed by atoms with van der Waals surface area (Å²) in [5.74, 6) is 0.269. The van der Waals surface area contributed by atoms with Crippen molar-refractivity contribution in [3.63, 3.8) is 0 Å². The van der Waals surface area contributed by atoms with E-state index in [4.69, 9.17) is 10.3 Å². The maximum absolute atomic E-state index is 12.0. The van der Waals surface area contributed by atoms with E-state index in [1.807, 2.05) is 32.9 Å². The smallest absolute Gasteiger partial charge is 0.408 e. The number of hydrogen-bond donors (Lipinski definition) is 1. The van der Waals surface area contributed by atoms with E-state index in [0.29, 0.717) is 5.69 Å². The Labute approximate surface area is 130 Å². The minimum absolute atomic E-state index is 0.234. The zero-order valence-corrected chi connectivity index (χ0v) is 13.5. The maximum atomic E-state index is 12.0. The van der Waals surface area contributed by atoms with Crippen LogP contribution in [0.3, 0.4) is 0 Å². The van der Waals surface area contributed by atoms with Gasteiger partial charge in [-0.2, -0.15) is 0 Å². The molecule has 1 saturated carbocycles. The third-order valence-electron chi connectivity index (χ3n) is 3.91. The van der Waals surface area contributed by atoms with E-state index in [9.17, 15) is 4.79 Å². The van der Waals surface area contributed by atoms with Gasteiger partial charge < -0.3 is 10.1 Å². The van der Waals surface area contributed by atoms with Gasteiger partial charge in [-0.15, -0.1) is 0 Å². The summed E-state index contributed by atoms with van der Waals surface area (Å²) >= 11 is 0. The van der Waals surface area contributed by atoms with Crippen LogP contribution >= 0.6 is 0 Å². The molecule has 0 spiro atoms. The molecule has 6 heteroatoms. The summed E-state index contributed by atoms with van der Waals surface area (Å²) in [6, 6.07) is 7.48. The average molecular weight is 302 g/mol. The van der Waals surface area contributed by atoms with Gasteiger partial charge in [0, 0.05) is 16.5 Å². The molecule has 0 bridgehead atoms. The lowest BCUT2D eigenvalue weighted by atomic mass is 10.0. The van der Waals surface area contributed by atoms with Crippen molar-refractivity contribution in [2.45, 2.75) is 57.6 Å². The van der Waals surface area contributed by atoms with Crippen LogP contribution in [0.15, 0.2) is 29.4 Å². The Morgan fingerprint density at radius 1 is 1.45 bits per heavy atom. The number of rotatable bonds is 4. The molecule has 2 rings (SSSR count). The van der Waals surface area contributed by atoms with E-state index in [-0.39, 0.29) is 17.6 Å². The predicted molar refractivity (Wildman–Crippen MR) is 85.0 cm³/mol. The fourth-order valence-corrected chi connectivity index (χ4v) is 2.69. The third-order valence-corrected chi connectivity index (χ3v) is 3.91. The predicted octanol–water partition coefficient (Wildman–Crippen LogP) is 4.79. The Bertz CT molecular complexity index is 600. The Balaban J connectivity index is 2.05. The number of amides is 1. The lowest BCUT2D eigenvalue weighted by Crippen LogP contribution is -2.41. The second kappa shape index (κ2) is 5.89. The van der Waals surface area contributed by atoms with Crippen LogP contribution in [-0.2, 0) is 4.74 Å². The van der Waals surface area contributed by atoms with E-state index in [2.05, 4.69) is 22.3 Å². The summed E-state index contributed by atoms with van der Waals surface area (Å²) in [6.07, 6.45) is 1.36. The SMILES string of the molecule is CC[C@@]1(NC(=O)OC(C)(C)C)C[C@H]1c1ccc(N=[N+]=[N-])cc1. The molecule has 1 aromatic rings. The van der Waals surface area contributed by atoms with Gasteiger partial charge in [0.1, 0.15) is 5.60 Å². The van der Waals surface area contributed by atoms with Gasteiger partial charge in [0.05, 0.1) is 5.54 Å². The molecule has 1 fully saturated rings. The molecular formula is C16H22N4O2. The summed E-state index contributed by atoms with van der Waals surface area (Å²) in [6.45, 7) is 7.61. The van der Waals surface area contributed by atoms with Crippen molar-refractivity contribution >= 4 is 11.8 Å². The zero-order valence-electron chi connectivity index (χ0n) is 13.5. The molecule has 0 unspecified atom stereocenters. The van der Waals surface area contributed by atoms with E-state index in [1.165, 1.54) is 0 Å². The van der Waals surface area contributed by atoms with Gasteiger partial charge in [-0.05, 0) is 44.7 Å². The number of carbonyl (C=O) groups is 1. The first-order chi connectivity index (χ1) is 10.3. The molecule has 0 saturated heterocycles. The number of nitrogens with zero attached hydrogens (tertiary/aromatic N) is 3. The largest absolute Gasteiger partial charge is 0.444 e. The summed E-state index contributed by atoms with van der Waals surface area (Å²) in [4.78, 5) is 14.8. The van der Waals surface area contributed by atoms with Crippen molar-refractivity contribution < 1.29 is 9.53 Å². The van der Waals surface area contributed by atoms with Crippen LogP contribution in [0, 0.1) is 0 Å². The van der Waals surface area contributed by atoms with Crippen LogP contribution in [0.5, 0.6) is 0 Å². The number of carbonyl (C=O) groups excluding carboxylic acids is 1. The second-order valence-corrected chi connectivity index (χ2v) is 6.67. The number of azide groups is 1. The van der Waals surface area contributed by atoms with Crippen LogP contribution in [-0.4, -0.2) is 17.2 Å². The van der Waals surface area contributed by atoms with Crippen molar-refractivity contribution in [1.29, 1.82) is 0 Å². The molecule has 1 aliphatic carbocycles. The molecule has 1 aliphatic rings. The standard InChI is InChI=1S/C16H22N4O2/c1-5-16(18-14(21)22-15(2,3)4)10-13(16)11-6-8-12(9-7-11)19-20-17/h6-9,13H,5,10H2,1-4H3,(H,18,21)/t13-,16+/m0/s1. The Morgan fingerprint density at radius 2 is 2.09 bits per heavy atom. The molecule has 22 heavy (non-hydrogen) atoms. The van der Waals surface area contributed by atoms with Gasteiger partial charge >= 0.3 is 6.09 Å². The van der Waals surface area contributed by atoms with E-state index >= 15 is 0 Å². The Morgan fingerprint density at radius 3 is 2.59 bits per heavy atom. The fourth-order valence-electron chi connectivity index (χ4n) is 2.69. The monoisotopic (exact) mass is 302 g/mol. The zero-order chi connectivity index (χ0) is 16.4. The summed E-state index contributed by atoms with van der Waals surface area (Å²) in [5.41, 5.74) is 9.41. The Kier molecular flexibility index (Phi) is 4.33. The summed E-state index contributed by atoms with van der Waals surface area (Å²) in [5, 5.41) is 6.58. The molecule has 0 aromatic heterocycles. The highest BCUT2D eigenvalue weighted by atomic mass is 16.6. The van der Waals surface area contributed by atoms with Gasteiger partial charge in [-0.1, -0.05) is 36.3 Å². The summed E-state index contributed by atoms with van der Waals surface area (Å²) in [7, 11) is 0. The van der Waals surface area contributed by atoms with Crippen LogP contribution in [0.2, 0.25) is 0 Å². The molecule has 6 nitrogen and oxygen atoms in total. The normalized spacial score (nSPS) is 23.4. The lowest BCUT2D eigenvalue weighted by Gasteiger charge is -2.23. The number of hydrogen-bond acceptors (Lipinski definition) is 3. The lowest BCUT2D eigenvalue weighted by molar-refractivity contribution is 0.0493. The molecule has 0 heterocycles. The number of nitrogens with one attached hydrogen (secondary N) is 1. The van der Waals surface area contributed by atoms with Crippen molar-refractivity contribution in [1.82, 2.24) is 5.32 Å². The molecule has 1 amide bonds. The molecule has 2 atom stereocenters. The van der Waals surface area contributed by atoms with Crippen molar-refractivity contribution in [3.05, 3.63) is 40.3 Å². The van der Waals surface area contributed by atoms with Crippen LogP contribution in [0.4, 0.5) is 10.5 Å². The minimum Gasteiger partial charge on any atom is -0.444 e. The first-order valence-electron chi connectivity index (χ1n) is 7.46. The van der Waals surface area contributed by atoms with Crippen LogP contribution in [0.25, 0.3) is 10.4 Å². The number of benzene rings is 1. The highest BCUT2D eigenvalue weighted by molar-refractivity contribution is 5.70. The third kappa shape index (κ3) is 3.71. The quantitative estimate of drug-likeness (QED) is 0.492. The average Bonchev–Trinajstić information content (AvgIpc) is 3.12. The minimum atomic E-state index is -0.500. The van der Waals surface area contributed by atoms with Crippen molar-refractivity contribution in [2.75, 3.05) is 0 Å². The molecule has 0 aliphatic heterocycles. The Hall–Kier alpha value is -2.20. The van der Waals surface area contributed by atoms with Gasteiger partial charge in [-0.3, -0.25) is 0 Å². The van der Waals surface area contributed by atoms with Gasteiger partial charge in [-0.25, -0.2) is 4.79 Å². The van der Waals surface area contributed by atoms with Crippen LogP contribution < -0.4 is 5.32 Å². The summed E-state index contributed by atoms with van der Waals surface area (Å²) < 4.78 is 5.35. The van der Waals surface area contributed by atoms with Gasteiger partial charge in [0.15, 0.2) is 0 Å². The first-order valence-corrected chi connectivity index (χ1v) is 7.46. The van der Waals surface area contributed by atoms with Crippen LogP contribution in [0.1, 0.15) is 52.0 Å². The fraction of sp³-hybridized carbons (Fsp3) is 0.562. The molecule has 1 aromatic carbocycles. The molecule has 118 valence electrons. The van der Waals surface area contributed by atoms with Crippen molar-refractivity contribution in [3.8, 4) is 0 Å². The van der Waals surface area contributed by atoms with E-state index in [1.54, 1.807) is 12.1 Å². The van der Waals surface area contributed by atoms with Gasteiger partial charge in [0.2, 0.25) is 0 Å². The molecular weight excluding hydrogens is 280 g/mol.